The molecule has 0 radical (unpaired) electrons. The molecular formula is C14H20N4O2. The van der Waals surface area contributed by atoms with Crippen LogP contribution >= 0.6 is 0 Å². The minimum Gasteiger partial charge on any atom is -0.467 e. The summed E-state index contributed by atoms with van der Waals surface area (Å²) in [5, 5.41) is 9.92. The molecule has 2 rings (SSSR count). The average molecular weight is 276 g/mol. The van der Waals surface area contributed by atoms with Gasteiger partial charge in [0.2, 0.25) is 0 Å². The summed E-state index contributed by atoms with van der Waals surface area (Å²) in [5.41, 5.74) is 3.35. The second-order valence-corrected chi connectivity index (χ2v) is 4.71. The Morgan fingerprint density at radius 1 is 1.40 bits per heavy atom. The van der Waals surface area contributed by atoms with Crippen LogP contribution in [0, 0.1) is 13.8 Å². The van der Waals surface area contributed by atoms with Gasteiger partial charge in [0.15, 0.2) is 0 Å². The average Bonchev–Trinajstić information content (AvgIpc) is 3.00. The van der Waals surface area contributed by atoms with Crippen molar-refractivity contribution in [1.29, 1.82) is 0 Å². The Bertz CT molecular complexity index is 572. The third-order valence-corrected chi connectivity index (χ3v) is 3.32. The first-order chi connectivity index (χ1) is 9.58. The molecule has 0 unspecified atom stereocenters. The molecule has 6 nitrogen and oxygen atoms in total. The second-order valence-electron chi connectivity index (χ2n) is 4.71. The van der Waals surface area contributed by atoms with Crippen molar-refractivity contribution in [3.05, 3.63) is 41.1 Å². The van der Waals surface area contributed by atoms with Crippen LogP contribution in [0.1, 0.15) is 22.7 Å². The lowest BCUT2D eigenvalue weighted by atomic mass is 10.1. The molecule has 2 heterocycles. The van der Waals surface area contributed by atoms with E-state index in [1.807, 2.05) is 31.6 Å². The summed E-state index contributed by atoms with van der Waals surface area (Å²) in [4.78, 5) is 11.6. The van der Waals surface area contributed by atoms with Crippen LogP contribution in [-0.4, -0.2) is 22.4 Å². The van der Waals surface area contributed by atoms with Gasteiger partial charge in [-0.05, 0) is 38.0 Å². The first kappa shape index (κ1) is 14.2. The predicted molar refractivity (Wildman–Crippen MR) is 75.3 cm³/mol. The van der Waals surface area contributed by atoms with Gasteiger partial charge in [0, 0.05) is 19.3 Å². The second kappa shape index (κ2) is 6.27. The number of urea groups is 1. The van der Waals surface area contributed by atoms with E-state index in [-0.39, 0.29) is 6.03 Å². The number of aromatic nitrogens is 2. The zero-order valence-electron chi connectivity index (χ0n) is 12.1. The molecular weight excluding hydrogens is 256 g/mol. The number of rotatable bonds is 5. The van der Waals surface area contributed by atoms with Gasteiger partial charge in [-0.1, -0.05) is 0 Å². The van der Waals surface area contributed by atoms with Crippen LogP contribution in [0.4, 0.5) is 4.79 Å². The lowest BCUT2D eigenvalue weighted by Crippen LogP contribution is -2.36. The number of carbonyl (C=O) groups excluding carboxylic acids is 1. The van der Waals surface area contributed by atoms with E-state index in [0.29, 0.717) is 13.1 Å². The summed E-state index contributed by atoms with van der Waals surface area (Å²) >= 11 is 0. The lowest BCUT2D eigenvalue weighted by Gasteiger charge is -2.07. The molecule has 0 aliphatic rings. The maximum atomic E-state index is 11.6. The van der Waals surface area contributed by atoms with E-state index in [1.165, 1.54) is 5.56 Å². The fourth-order valence-corrected chi connectivity index (χ4v) is 2.12. The molecule has 0 aromatic carbocycles. The Hall–Kier alpha value is -2.24. The van der Waals surface area contributed by atoms with Gasteiger partial charge in [-0.15, -0.1) is 0 Å². The van der Waals surface area contributed by atoms with Crippen molar-refractivity contribution in [3.8, 4) is 0 Å². The molecule has 20 heavy (non-hydrogen) atoms. The van der Waals surface area contributed by atoms with E-state index in [2.05, 4.69) is 15.7 Å². The van der Waals surface area contributed by atoms with E-state index in [0.717, 1.165) is 23.6 Å². The van der Waals surface area contributed by atoms with Crippen molar-refractivity contribution in [2.24, 2.45) is 7.05 Å². The summed E-state index contributed by atoms with van der Waals surface area (Å²) < 4.78 is 7.00. The zero-order chi connectivity index (χ0) is 14.5. The molecule has 6 heteroatoms. The van der Waals surface area contributed by atoms with Gasteiger partial charge < -0.3 is 15.1 Å². The molecule has 0 atom stereocenters. The van der Waals surface area contributed by atoms with Crippen molar-refractivity contribution in [2.45, 2.75) is 26.8 Å². The van der Waals surface area contributed by atoms with Crippen molar-refractivity contribution in [2.75, 3.05) is 6.54 Å². The molecule has 2 aromatic heterocycles. The summed E-state index contributed by atoms with van der Waals surface area (Å²) in [7, 11) is 1.93. The Kier molecular flexibility index (Phi) is 4.45. The number of nitrogens with zero attached hydrogens (tertiary/aromatic N) is 2. The van der Waals surface area contributed by atoms with Crippen LogP contribution in [-0.2, 0) is 20.0 Å². The monoisotopic (exact) mass is 276 g/mol. The van der Waals surface area contributed by atoms with Crippen LogP contribution in [0.5, 0.6) is 0 Å². The Labute approximate surface area is 118 Å². The molecule has 108 valence electrons. The van der Waals surface area contributed by atoms with Crippen LogP contribution in [0.3, 0.4) is 0 Å². The minimum atomic E-state index is -0.194. The van der Waals surface area contributed by atoms with E-state index in [9.17, 15) is 4.79 Å². The largest absolute Gasteiger partial charge is 0.467 e. The molecule has 0 aliphatic carbocycles. The maximum absolute atomic E-state index is 11.6. The number of nitrogens with one attached hydrogen (secondary N) is 2. The highest BCUT2D eigenvalue weighted by Crippen LogP contribution is 2.11. The molecule has 0 aliphatic heterocycles. The summed E-state index contributed by atoms with van der Waals surface area (Å²) in [6, 6.07) is 3.42. The van der Waals surface area contributed by atoms with Crippen LogP contribution < -0.4 is 10.6 Å². The highest BCUT2D eigenvalue weighted by atomic mass is 16.3. The molecule has 0 bridgehead atoms. The van der Waals surface area contributed by atoms with E-state index in [1.54, 1.807) is 12.3 Å². The van der Waals surface area contributed by atoms with Gasteiger partial charge >= 0.3 is 6.03 Å². The highest BCUT2D eigenvalue weighted by molar-refractivity contribution is 5.73. The Morgan fingerprint density at radius 3 is 2.80 bits per heavy atom. The van der Waals surface area contributed by atoms with Gasteiger partial charge in [-0.3, -0.25) is 4.68 Å². The van der Waals surface area contributed by atoms with Gasteiger partial charge in [-0.25, -0.2) is 4.79 Å². The molecule has 2 N–H and O–H groups in total. The van der Waals surface area contributed by atoms with Gasteiger partial charge in [-0.2, -0.15) is 5.10 Å². The normalized spacial score (nSPS) is 10.6. The summed E-state index contributed by atoms with van der Waals surface area (Å²) in [6.45, 7) is 4.99. The van der Waals surface area contributed by atoms with Crippen molar-refractivity contribution in [3.63, 3.8) is 0 Å². The molecule has 0 saturated carbocycles. The fraction of sp³-hybridized carbons (Fsp3) is 0.429. The topological polar surface area (TPSA) is 72.1 Å². The fourth-order valence-electron chi connectivity index (χ4n) is 2.12. The summed E-state index contributed by atoms with van der Waals surface area (Å²) in [6.07, 6.45) is 2.36. The smallest absolute Gasteiger partial charge is 0.315 e. The van der Waals surface area contributed by atoms with Crippen LogP contribution in [0.15, 0.2) is 22.8 Å². The molecule has 0 fully saturated rings. The third kappa shape index (κ3) is 3.40. The number of hydrogen-bond donors (Lipinski definition) is 2. The molecule has 0 saturated heterocycles. The number of furan rings is 1. The first-order valence-electron chi connectivity index (χ1n) is 6.61. The van der Waals surface area contributed by atoms with E-state index >= 15 is 0 Å². The number of amides is 2. The first-order valence-corrected chi connectivity index (χ1v) is 6.61. The lowest BCUT2D eigenvalue weighted by molar-refractivity contribution is 0.239. The summed E-state index contributed by atoms with van der Waals surface area (Å²) in [5.74, 6) is 0.735. The van der Waals surface area contributed by atoms with E-state index in [4.69, 9.17) is 4.42 Å². The Morgan fingerprint density at radius 2 is 2.20 bits per heavy atom. The van der Waals surface area contributed by atoms with Crippen LogP contribution in [0.2, 0.25) is 0 Å². The minimum absolute atomic E-state index is 0.194. The SMILES string of the molecule is Cc1nn(C)c(C)c1CCNC(=O)NCc1ccco1. The molecule has 2 aromatic rings. The number of carbonyl (C=O) groups is 1. The van der Waals surface area contributed by atoms with Crippen LogP contribution in [0.25, 0.3) is 0 Å². The standard InChI is InChI=1S/C14H20N4O2/c1-10-13(11(2)18(3)17-10)6-7-15-14(19)16-9-12-5-4-8-20-12/h4-5,8H,6-7,9H2,1-3H3,(H2,15,16,19). The van der Waals surface area contributed by atoms with E-state index < -0.39 is 0 Å². The van der Waals surface area contributed by atoms with Crippen molar-refractivity contribution < 1.29 is 9.21 Å². The maximum Gasteiger partial charge on any atom is 0.315 e. The number of hydrogen-bond acceptors (Lipinski definition) is 3. The highest BCUT2D eigenvalue weighted by Gasteiger charge is 2.09. The predicted octanol–water partition coefficient (Wildman–Crippen LogP) is 1.67. The van der Waals surface area contributed by atoms with Crippen molar-refractivity contribution >= 4 is 6.03 Å². The van der Waals surface area contributed by atoms with Crippen molar-refractivity contribution in [1.82, 2.24) is 20.4 Å². The third-order valence-electron chi connectivity index (χ3n) is 3.32. The Balaban J connectivity index is 1.74. The van der Waals surface area contributed by atoms with Gasteiger partial charge in [0.05, 0.1) is 18.5 Å². The van der Waals surface area contributed by atoms with Gasteiger partial charge in [0.1, 0.15) is 5.76 Å². The number of aryl methyl sites for hydroxylation is 2. The molecule has 0 spiro atoms. The molecule has 2 amide bonds. The zero-order valence-corrected chi connectivity index (χ0v) is 12.1. The van der Waals surface area contributed by atoms with Gasteiger partial charge in [0.25, 0.3) is 0 Å². The quantitative estimate of drug-likeness (QED) is 0.872.